The quantitative estimate of drug-likeness (QED) is 0.796. The largest absolute Gasteiger partial charge is 0.491 e. The molecule has 0 saturated carbocycles. The van der Waals surface area contributed by atoms with Gasteiger partial charge in [0.25, 0.3) is 0 Å². The van der Waals surface area contributed by atoms with Crippen LogP contribution in [0.2, 0.25) is 0 Å². The first-order chi connectivity index (χ1) is 8.05. The number of ether oxygens (including phenoxy) is 2. The smallest absolute Gasteiger partial charge is 0.119 e. The van der Waals surface area contributed by atoms with Crippen molar-refractivity contribution in [2.75, 3.05) is 13.2 Å². The molecular formula is C15H22O2. The third-order valence-electron chi connectivity index (χ3n) is 3.18. The Balaban J connectivity index is 1.89. The summed E-state index contributed by atoms with van der Waals surface area (Å²) in [6.07, 6.45) is 2.58. The Morgan fingerprint density at radius 2 is 1.94 bits per heavy atom. The van der Waals surface area contributed by atoms with Gasteiger partial charge in [-0.05, 0) is 36.0 Å². The lowest BCUT2D eigenvalue weighted by molar-refractivity contribution is 0.0679. The van der Waals surface area contributed by atoms with Crippen LogP contribution < -0.4 is 4.74 Å². The topological polar surface area (TPSA) is 18.5 Å². The van der Waals surface area contributed by atoms with Crippen LogP contribution in [0.15, 0.2) is 24.3 Å². The second-order valence-corrected chi connectivity index (χ2v) is 5.72. The Labute approximate surface area is 104 Å². The third kappa shape index (κ3) is 3.47. The normalized spacial score (nSPS) is 20.5. The minimum atomic E-state index is 0.201. The lowest BCUT2D eigenvalue weighted by atomic mass is 9.87. The summed E-state index contributed by atoms with van der Waals surface area (Å²) in [5.74, 6) is 0.938. The highest BCUT2D eigenvalue weighted by atomic mass is 16.5. The van der Waals surface area contributed by atoms with Gasteiger partial charge >= 0.3 is 0 Å². The number of hydrogen-bond donors (Lipinski definition) is 0. The molecule has 2 heteroatoms. The van der Waals surface area contributed by atoms with Crippen molar-refractivity contribution in [3.63, 3.8) is 0 Å². The summed E-state index contributed by atoms with van der Waals surface area (Å²) >= 11 is 0. The molecule has 1 atom stereocenters. The SMILES string of the molecule is CC(C)(C)c1ccc(OC[C@@H]2CCCO2)cc1. The van der Waals surface area contributed by atoms with E-state index in [2.05, 4.69) is 45.0 Å². The molecule has 17 heavy (non-hydrogen) atoms. The van der Waals surface area contributed by atoms with Gasteiger partial charge in [0.2, 0.25) is 0 Å². The van der Waals surface area contributed by atoms with Gasteiger partial charge in [-0.15, -0.1) is 0 Å². The van der Waals surface area contributed by atoms with Crippen molar-refractivity contribution in [1.82, 2.24) is 0 Å². The van der Waals surface area contributed by atoms with E-state index in [1.807, 2.05) is 0 Å². The van der Waals surface area contributed by atoms with E-state index in [9.17, 15) is 0 Å². The Bertz CT molecular complexity index is 342. The van der Waals surface area contributed by atoms with Crippen molar-refractivity contribution >= 4 is 0 Å². The minimum Gasteiger partial charge on any atom is -0.491 e. The van der Waals surface area contributed by atoms with Gasteiger partial charge in [0, 0.05) is 6.61 Å². The van der Waals surface area contributed by atoms with Crippen molar-refractivity contribution in [1.29, 1.82) is 0 Å². The number of benzene rings is 1. The maximum atomic E-state index is 5.73. The van der Waals surface area contributed by atoms with Crippen molar-refractivity contribution in [2.45, 2.75) is 45.1 Å². The van der Waals surface area contributed by atoms with Gasteiger partial charge in [0.15, 0.2) is 0 Å². The van der Waals surface area contributed by atoms with E-state index in [0.29, 0.717) is 6.61 Å². The average molecular weight is 234 g/mol. The molecule has 0 spiro atoms. The molecule has 0 aromatic heterocycles. The van der Waals surface area contributed by atoms with E-state index in [0.717, 1.165) is 25.2 Å². The van der Waals surface area contributed by atoms with Crippen LogP contribution in [-0.4, -0.2) is 19.3 Å². The molecule has 1 fully saturated rings. The molecule has 1 heterocycles. The summed E-state index contributed by atoms with van der Waals surface area (Å²) in [7, 11) is 0. The van der Waals surface area contributed by atoms with Gasteiger partial charge in [-0.3, -0.25) is 0 Å². The molecule has 1 aliphatic rings. The predicted molar refractivity (Wildman–Crippen MR) is 69.6 cm³/mol. The Hall–Kier alpha value is -1.02. The molecule has 1 saturated heterocycles. The molecule has 0 amide bonds. The van der Waals surface area contributed by atoms with Crippen LogP contribution in [0.1, 0.15) is 39.2 Å². The summed E-state index contributed by atoms with van der Waals surface area (Å²) in [5, 5.41) is 0. The molecule has 0 bridgehead atoms. The van der Waals surface area contributed by atoms with E-state index in [-0.39, 0.29) is 11.5 Å². The fourth-order valence-corrected chi connectivity index (χ4v) is 2.02. The van der Waals surface area contributed by atoms with E-state index in [1.165, 1.54) is 5.56 Å². The molecule has 0 unspecified atom stereocenters. The average Bonchev–Trinajstić information content (AvgIpc) is 2.78. The molecule has 2 rings (SSSR count). The van der Waals surface area contributed by atoms with Gasteiger partial charge in [-0.1, -0.05) is 32.9 Å². The van der Waals surface area contributed by atoms with Crippen molar-refractivity contribution in [3.8, 4) is 5.75 Å². The highest BCUT2D eigenvalue weighted by molar-refractivity contribution is 5.31. The van der Waals surface area contributed by atoms with Crippen molar-refractivity contribution < 1.29 is 9.47 Å². The summed E-state index contributed by atoms with van der Waals surface area (Å²) in [5.41, 5.74) is 1.54. The molecule has 1 aromatic rings. The molecule has 2 nitrogen and oxygen atoms in total. The summed E-state index contributed by atoms with van der Waals surface area (Å²) in [6.45, 7) is 8.21. The van der Waals surface area contributed by atoms with Crippen LogP contribution in [-0.2, 0) is 10.2 Å². The number of rotatable bonds is 3. The summed E-state index contributed by atoms with van der Waals surface area (Å²) in [6, 6.07) is 8.39. The van der Waals surface area contributed by atoms with Crippen LogP contribution in [0.25, 0.3) is 0 Å². The Morgan fingerprint density at radius 3 is 2.47 bits per heavy atom. The summed E-state index contributed by atoms with van der Waals surface area (Å²) < 4.78 is 11.3. The van der Waals surface area contributed by atoms with Crippen LogP contribution in [0.3, 0.4) is 0 Å². The van der Waals surface area contributed by atoms with Crippen molar-refractivity contribution in [2.24, 2.45) is 0 Å². The summed E-state index contributed by atoms with van der Waals surface area (Å²) in [4.78, 5) is 0. The Kier molecular flexibility index (Phi) is 3.72. The molecule has 1 aliphatic heterocycles. The first kappa shape index (κ1) is 12.4. The molecule has 0 aliphatic carbocycles. The van der Waals surface area contributed by atoms with E-state index >= 15 is 0 Å². The van der Waals surface area contributed by atoms with Gasteiger partial charge in [-0.25, -0.2) is 0 Å². The zero-order valence-corrected chi connectivity index (χ0v) is 11.0. The fourth-order valence-electron chi connectivity index (χ4n) is 2.02. The van der Waals surface area contributed by atoms with Gasteiger partial charge in [0.05, 0.1) is 6.10 Å². The third-order valence-corrected chi connectivity index (χ3v) is 3.18. The molecule has 0 N–H and O–H groups in total. The van der Waals surface area contributed by atoms with Crippen LogP contribution >= 0.6 is 0 Å². The predicted octanol–water partition coefficient (Wildman–Crippen LogP) is 3.54. The number of hydrogen-bond acceptors (Lipinski definition) is 2. The Morgan fingerprint density at radius 1 is 1.24 bits per heavy atom. The fraction of sp³-hybridized carbons (Fsp3) is 0.600. The highest BCUT2D eigenvalue weighted by Crippen LogP contribution is 2.24. The minimum absolute atomic E-state index is 0.201. The lowest BCUT2D eigenvalue weighted by Crippen LogP contribution is -2.16. The molecule has 94 valence electrons. The monoisotopic (exact) mass is 234 g/mol. The molecular weight excluding hydrogens is 212 g/mol. The second kappa shape index (κ2) is 5.09. The first-order valence-corrected chi connectivity index (χ1v) is 6.41. The van der Waals surface area contributed by atoms with Crippen molar-refractivity contribution in [3.05, 3.63) is 29.8 Å². The van der Waals surface area contributed by atoms with Gasteiger partial charge in [0.1, 0.15) is 12.4 Å². The zero-order valence-electron chi connectivity index (χ0n) is 11.0. The first-order valence-electron chi connectivity index (χ1n) is 6.41. The van der Waals surface area contributed by atoms with E-state index < -0.39 is 0 Å². The van der Waals surface area contributed by atoms with Gasteiger partial charge in [-0.2, -0.15) is 0 Å². The zero-order chi connectivity index (χ0) is 12.3. The second-order valence-electron chi connectivity index (χ2n) is 5.72. The maximum Gasteiger partial charge on any atom is 0.119 e. The van der Waals surface area contributed by atoms with E-state index in [1.54, 1.807) is 0 Å². The van der Waals surface area contributed by atoms with Crippen LogP contribution in [0.5, 0.6) is 5.75 Å². The standard InChI is InChI=1S/C15H22O2/c1-15(2,3)12-6-8-13(9-7-12)17-11-14-5-4-10-16-14/h6-9,14H,4-5,10-11H2,1-3H3/t14-/m0/s1. The molecule has 0 radical (unpaired) electrons. The molecule has 1 aromatic carbocycles. The maximum absolute atomic E-state index is 5.73. The highest BCUT2D eigenvalue weighted by Gasteiger charge is 2.16. The van der Waals surface area contributed by atoms with E-state index in [4.69, 9.17) is 9.47 Å². The lowest BCUT2D eigenvalue weighted by Gasteiger charge is -2.19. The van der Waals surface area contributed by atoms with Gasteiger partial charge < -0.3 is 9.47 Å². The van der Waals surface area contributed by atoms with Crippen LogP contribution in [0, 0.1) is 0 Å². The van der Waals surface area contributed by atoms with Crippen LogP contribution in [0.4, 0.5) is 0 Å².